The Labute approximate surface area is 108 Å². The van der Waals surface area contributed by atoms with Gasteiger partial charge in [0.2, 0.25) is 0 Å². The molecule has 0 radical (unpaired) electrons. The van der Waals surface area contributed by atoms with E-state index in [1.807, 2.05) is 11.3 Å². The summed E-state index contributed by atoms with van der Waals surface area (Å²) in [4.78, 5) is 11.7. The summed E-state index contributed by atoms with van der Waals surface area (Å²) in [7, 11) is 0. The number of anilines is 2. The highest BCUT2D eigenvalue weighted by molar-refractivity contribution is 7.10. The van der Waals surface area contributed by atoms with E-state index in [-0.39, 0.29) is 0 Å². The number of nitrogens with two attached hydrogens (primary N) is 1. The van der Waals surface area contributed by atoms with Crippen molar-refractivity contribution in [3.63, 3.8) is 0 Å². The van der Waals surface area contributed by atoms with E-state index < -0.39 is 0 Å². The molecule has 2 aromatic rings. The van der Waals surface area contributed by atoms with Crippen molar-refractivity contribution in [3.05, 3.63) is 33.2 Å². The van der Waals surface area contributed by atoms with E-state index in [1.54, 1.807) is 0 Å². The molecule has 2 aromatic heterocycles. The lowest BCUT2D eigenvalue weighted by atomic mass is 10.1. The van der Waals surface area contributed by atoms with E-state index in [4.69, 9.17) is 17.3 Å². The lowest BCUT2D eigenvalue weighted by molar-refractivity contribution is 0.731. The number of aromatic nitrogens is 2. The van der Waals surface area contributed by atoms with Gasteiger partial charge in [0.1, 0.15) is 17.2 Å². The van der Waals surface area contributed by atoms with Crippen molar-refractivity contribution in [2.45, 2.75) is 13.0 Å². The van der Waals surface area contributed by atoms with E-state index in [2.05, 4.69) is 26.3 Å². The highest BCUT2D eigenvalue weighted by Gasteiger charge is 2.21. The predicted molar refractivity (Wildman–Crippen MR) is 70.5 cm³/mol. The molecular weight excluding hydrogens is 256 g/mol. The van der Waals surface area contributed by atoms with E-state index >= 15 is 0 Å². The topological polar surface area (TPSA) is 55.0 Å². The summed E-state index contributed by atoms with van der Waals surface area (Å²) in [6, 6.07) is 2.16. The van der Waals surface area contributed by atoms with Gasteiger partial charge in [-0.05, 0) is 23.4 Å². The van der Waals surface area contributed by atoms with Crippen LogP contribution in [0.2, 0.25) is 5.02 Å². The number of hydrogen-bond acceptors (Lipinski definition) is 5. The van der Waals surface area contributed by atoms with Gasteiger partial charge in [-0.1, -0.05) is 11.6 Å². The van der Waals surface area contributed by atoms with Crippen LogP contribution in [0.1, 0.15) is 10.4 Å². The van der Waals surface area contributed by atoms with Crippen molar-refractivity contribution >= 4 is 34.6 Å². The Morgan fingerprint density at radius 2 is 2.29 bits per heavy atom. The van der Waals surface area contributed by atoms with Crippen LogP contribution in [-0.2, 0) is 13.0 Å². The van der Waals surface area contributed by atoms with Crippen LogP contribution in [0, 0.1) is 0 Å². The maximum Gasteiger partial charge on any atom is 0.153 e. The summed E-state index contributed by atoms with van der Waals surface area (Å²) in [6.45, 7) is 1.76. The maximum absolute atomic E-state index is 6.14. The fraction of sp³-hybridized carbons (Fsp3) is 0.273. The van der Waals surface area contributed by atoms with Crippen LogP contribution in [0.5, 0.6) is 0 Å². The largest absolute Gasteiger partial charge is 0.382 e. The third-order valence-electron chi connectivity index (χ3n) is 2.91. The van der Waals surface area contributed by atoms with Crippen LogP contribution >= 0.6 is 22.9 Å². The third-order valence-corrected chi connectivity index (χ3v) is 4.29. The molecule has 0 bridgehead atoms. The number of thiophene rings is 1. The Morgan fingerprint density at radius 1 is 1.41 bits per heavy atom. The molecule has 3 rings (SSSR count). The summed E-state index contributed by atoms with van der Waals surface area (Å²) in [5, 5.41) is 2.58. The van der Waals surface area contributed by atoms with Crippen molar-refractivity contribution in [2.24, 2.45) is 0 Å². The number of fused-ring (bicyclic) bond motifs is 1. The average Bonchev–Trinajstić information content (AvgIpc) is 2.79. The number of nitrogen functional groups attached to an aromatic ring is 1. The maximum atomic E-state index is 6.14. The molecule has 0 unspecified atom stereocenters. The second-order valence-corrected chi connectivity index (χ2v) is 5.32. The van der Waals surface area contributed by atoms with Gasteiger partial charge in [0.05, 0.1) is 0 Å². The molecule has 1 aliphatic rings. The molecule has 0 saturated carbocycles. The van der Waals surface area contributed by atoms with Gasteiger partial charge < -0.3 is 10.6 Å². The number of halogens is 1. The fourth-order valence-corrected chi connectivity index (χ4v) is 3.13. The number of nitrogens with zero attached hydrogens (tertiary/aromatic N) is 3. The van der Waals surface area contributed by atoms with Crippen LogP contribution in [0.3, 0.4) is 0 Å². The molecule has 0 saturated heterocycles. The molecule has 4 nitrogen and oxygen atoms in total. The summed E-state index contributed by atoms with van der Waals surface area (Å²) < 4.78 is 0. The molecule has 0 spiro atoms. The van der Waals surface area contributed by atoms with Gasteiger partial charge in [0.25, 0.3) is 0 Å². The van der Waals surface area contributed by atoms with Crippen molar-refractivity contribution in [3.8, 4) is 0 Å². The molecule has 0 aromatic carbocycles. The highest BCUT2D eigenvalue weighted by Crippen LogP contribution is 2.32. The standard InChI is InChI=1S/C11H11ClN4S/c12-9-10(13)14-6-15-11(9)16-3-1-8-7(5-16)2-4-17-8/h2,4,6H,1,3,5H2,(H2,13,14,15). The molecule has 0 aliphatic carbocycles. The van der Waals surface area contributed by atoms with Gasteiger partial charge in [0.15, 0.2) is 5.82 Å². The average molecular weight is 267 g/mol. The predicted octanol–water partition coefficient (Wildman–Crippen LogP) is 2.34. The van der Waals surface area contributed by atoms with Gasteiger partial charge in [-0.3, -0.25) is 0 Å². The molecule has 0 amide bonds. The monoisotopic (exact) mass is 266 g/mol. The van der Waals surface area contributed by atoms with Gasteiger partial charge >= 0.3 is 0 Å². The van der Waals surface area contributed by atoms with Crippen LogP contribution in [-0.4, -0.2) is 16.5 Å². The molecule has 0 atom stereocenters. The Balaban J connectivity index is 1.94. The summed E-state index contributed by atoms with van der Waals surface area (Å²) in [5.74, 6) is 1.07. The molecule has 6 heteroatoms. The SMILES string of the molecule is Nc1ncnc(N2CCc3sccc3C2)c1Cl. The zero-order valence-corrected chi connectivity index (χ0v) is 10.6. The summed E-state index contributed by atoms with van der Waals surface area (Å²) >= 11 is 7.95. The Kier molecular flexibility index (Phi) is 2.64. The first-order chi connectivity index (χ1) is 8.25. The second-order valence-electron chi connectivity index (χ2n) is 3.94. The summed E-state index contributed by atoms with van der Waals surface area (Å²) in [5.41, 5.74) is 7.05. The normalized spacial score (nSPS) is 14.8. The molecular formula is C11H11ClN4S. The Hall–Kier alpha value is -1.33. The quantitative estimate of drug-likeness (QED) is 0.861. The van der Waals surface area contributed by atoms with Gasteiger partial charge in [-0.15, -0.1) is 11.3 Å². The van der Waals surface area contributed by atoms with Crippen LogP contribution in [0.25, 0.3) is 0 Å². The van der Waals surface area contributed by atoms with E-state index in [9.17, 15) is 0 Å². The molecule has 1 aliphatic heterocycles. The number of rotatable bonds is 1. The second kappa shape index (κ2) is 4.16. The summed E-state index contributed by atoms with van der Waals surface area (Å²) in [6.07, 6.45) is 2.49. The molecule has 0 fully saturated rings. The van der Waals surface area contributed by atoms with Gasteiger partial charge in [-0.25, -0.2) is 9.97 Å². The van der Waals surface area contributed by atoms with Crippen molar-refractivity contribution in [1.82, 2.24) is 9.97 Å². The van der Waals surface area contributed by atoms with Crippen molar-refractivity contribution in [2.75, 3.05) is 17.2 Å². The fourth-order valence-electron chi connectivity index (χ4n) is 2.02. The molecule has 88 valence electrons. The minimum Gasteiger partial charge on any atom is -0.382 e. The lowest BCUT2D eigenvalue weighted by Gasteiger charge is -2.28. The minimum atomic E-state index is 0.341. The zero-order valence-electron chi connectivity index (χ0n) is 9.06. The number of hydrogen-bond donors (Lipinski definition) is 1. The smallest absolute Gasteiger partial charge is 0.153 e. The van der Waals surface area contributed by atoms with Gasteiger partial charge in [-0.2, -0.15) is 0 Å². The lowest BCUT2D eigenvalue weighted by Crippen LogP contribution is -2.30. The van der Waals surface area contributed by atoms with E-state index in [0.29, 0.717) is 10.8 Å². The minimum absolute atomic E-state index is 0.341. The van der Waals surface area contributed by atoms with Crippen molar-refractivity contribution in [1.29, 1.82) is 0 Å². The highest BCUT2D eigenvalue weighted by atomic mass is 35.5. The first-order valence-electron chi connectivity index (χ1n) is 5.32. The Morgan fingerprint density at radius 3 is 3.18 bits per heavy atom. The van der Waals surface area contributed by atoms with Crippen LogP contribution < -0.4 is 10.6 Å². The Bertz CT molecular complexity index is 554. The van der Waals surface area contributed by atoms with Crippen LogP contribution in [0.15, 0.2) is 17.8 Å². The molecule has 3 heterocycles. The first kappa shape index (κ1) is 10.8. The van der Waals surface area contributed by atoms with Gasteiger partial charge in [0, 0.05) is 18.0 Å². The van der Waals surface area contributed by atoms with E-state index in [0.717, 1.165) is 25.3 Å². The van der Waals surface area contributed by atoms with E-state index in [1.165, 1.54) is 16.8 Å². The van der Waals surface area contributed by atoms with Crippen molar-refractivity contribution < 1.29 is 0 Å². The third kappa shape index (κ3) is 1.85. The zero-order chi connectivity index (χ0) is 11.8. The van der Waals surface area contributed by atoms with Crippen LogP contribution in [0.4, 0.5) is 11.6 Å². The molecule has 17 heavy (non-hydrogen) atoms. The molecule has 2 N–H and O–H groups in total. The first-order valence-corrected chi connectivity index (χ1v) is 6.57.